The van der Waals surface area contributed by atoms with E-state index in [0.29, 0.717) is 24.7 Å². The lowest BCUT2D eigenvalue weighted by atomic mass is 10.1. The van der Waals surface area contributed by atoms with Crippen molar-refractivity contribution in [3.05, 3.63) is 36.5 Å². The van der Waals surface area contributed by atoms with Gasteiger partial charge in [-0.15, -0.1) is 17.5 Å². The fourth-order valence-electron chi connectivity index (χ4n) is 3.17. The highest BCUT2D eigenvalue weighted by molar-refractivity contribution is 5.85. The fourth-order valence-corrected chi connectivity index (χ4v) is 3.17. The van der Waals surface area contributed by atoms with E-state index in [9.17, 15) is 4.79 Å². The number of carbonyl (C=O) groups excluding carboxylic acids is 1. The highest BCUT2D eigenvalue weighted by Gasteiger charge is 2.26. The molecule has 1 atom stereocenters. The molecule has 1 saturated heterocycles. The van der Waals surface area contributed by atoms with Crippen LogP contribution in [0.15, 0.2) is 30.9 Å². The van der Waals surface area contributed by atoms with Crippen molar-refractivity contribution < 1.29 is 9.53 Å². The molecule has 2 N–H and O–H groups in total. The van der Waals surface area contributed by atoms with Gasteiger partial charge in [-0.05, 0) is 42.3 Å². The van der Waals surface area contributed by atoms with Crippen LogP contribution in [0, 0.1) is 0 Å². The number of likely N-dealkylation sites (tertiary alicyclic amines) is 1. The number of piperidine rings is 1. The monoisotopic (exact) mass is 434 g/mol. The summed E-state index contributed by atoms with van der Waals surface area (Å²) in [5, 5.41) is 19.8. The SMILES string of the molecule is CC(N)C(=O)N1CCC(n2ncc(COc3ccc(-n4cnnn4)nc3)n2)CC1.Cl. The van der Waals surface area contributed by atoms with Crippen molar-refractivity contribution in [2.24, 2.45) is 5.73 Å². The van der Waals surface area contributed by atoms with Gasteiger partial charge in [0.2, 0.25) is 5.91 Å². The molecule has 3 aromatic heterocycles. The summed E-state index contributed by atoms with van der Waals surface area (Å²) >= 11 is 0. The first-order valence-corrected chi connectivity index (χ1v) is 9.37. The van der Waals surface area contributed by atoms with Gasteiger partial charge in [-0.25, -0.2) is 4.98 Å². The lowest BCUT2D eigenvalue weighted by molar-refractivity contribution is -0.133. The molecule has 0 radical (unpaired) electrons. The molecule has 1 aliphatic rings. The number of amides is 1. The Morgan fingerprint density at radius 3 is 2.73 bits per heavy atom. The number of aromatic nitrogens is 8. The second-order valence-electron chi connectivity index (χ2n) is 6.90. The Morgan fingerprint density at radius 1 is 1.30 bits per heavy atom. The van der Waals surface area contributed by atoms with E-state index in [0.717, 1.165) is 18.5 Å². The highest BCUT2D eigenvalue weighted by Crippen LogP contribution is 2.21. The number of nitrogens with two attached hydrogens (primary N) is 1. The van der Waals surface area contributed by atoms with E-state index in [-0.39, 0.29) is 31.0 Å². The molecule has 30 heavy (non-hydrogen) atoms. The van der Waals surface area contributed by atoms with Crippen molar-refractivity contribution in [1.82, 2.24) is 45.1 Å². The summed E-state index contributed by atoms with van der Waals surface area (Å²) in [5.74, 6) is 1.20. The second-order valence-corrected chi connectivity index (χ2v) is 6.90. The summed E-state index contributed by atoms with van der Waals surface area (Å²) in [5.41, 5.74) is 6.41. The number of ether oxygens (including phenoxy) is 1. The van der Waals surface area contributed by atoms with Crippen LogP contribution < -0.4 is 10.5 Å². The van der Waals surface area contributed by atoms with Gasteiger partial charge in [0.1, 0.15) is 24.4 Å². The van der Waals surface area contributed by atoms with Gasteiger partial charge in [-0.3, -0.25) is 4.79 Å². The Labute approximate surface area is 178 Å². The number of halogens is 1. The first-order chi connectivity index (χ1) is 14.1. The average molecular weight is 435 g/mol. The molecule has 0 bridgehead atoms. The van der Waals surface area contributed by atoms with E-state index in [2.05, 4.69) is 30.7 Å². The first-order valence-electron chi connectivity index (χ1n) is 9.37. The smallest absolute Gasteiger partial charge is 0.239 e. The molecule has 4 rings (SSSR count). The van der Waals surface area contributed by atoms with Crippen LogP contribution in [0.2, 0.25) is 0 Å². The standard InChI is InChI=1S/C17H22N10O2.ClH/c1-12(18)17(28)25-6-4-14(5-7-25)27-21-8-13(22-27)10-29-15-2-3-16(19-9-15)26-11-20-23-24-26;/h2-3,8-9,11-12,14H,4-7,10,18H2,1H3;1H. The Hall–Kier alpha value is -3.12. The van der Waals surface area contributed by atoms with Gasteiger partial charge in [-0.2, -0.15) is 19.7 Å². The van der Waals surface area contributed by atoms with Crippen LogP contribution in [0.1, 0.15) is 31.5 Å². The van der Waals surface area contributed by atoms with Crippen LogP contribution in [0.5, 0.6) is 5.75 Å². The minimum Gasteiger partial charge on any atom is -0.486 e. The Bertz CT molecular complexity index is 936. The minimum atomic E-state index is -0.463. The molecule has 13 heteroatoms. The number of tetrazole rings is 1. The van der Waals surface area contributed by atoms with Crippen LogP contribution in [-0.2, 0) is 11.4 Å². The number of rotatable bonds is 6. The summed E-state index contributed by atoms with van der Waals surface area (Å²) in [6, 6.07) is 3.26. The van der Waals surface area contributed by atoms with E-state index in [4.69, 9.17) is 10.5 Å². The molecule has 12 nitrogen and oxygen atoms in total. The van der Waals surface area contributed by atoms with Crippen molar-refractivity contribution in [2.45, 2.75) is 38.5 Å². The molecule has 1 fully saturated rings. The fraction of sp³-hybridized carbons (Fsp3) is 0.471. The lowest BCUT2D eigenvalue weighted by Gasteiger charge is -2.32. The Kier molecular flexibility index (Phi) is 6.90. The zero-order valence-corrected chi connectivity index (χ0v) is 17.2. The number of hydrogen-bond donors (Lipinski definition) is 1. The summed E-state index contributed by atoms with van der Waals surface area (Å²) in [7, 11) is 0. The van der Waals surface area contributed by atoms with Gasteiger partial charge in [0.05, 0.1) is 24.5 Å². The van der Waals surface area contributed by atoms with Crippen molar-refractivity contribution in [1.29, 1.82) is 0 Å². The topological polar surface area (TPSA) is 143 Å². The molecule has 1 unspecified atom stereocenters. The number of nitrogens with zero attached hydrogens (tertiary/aromatic N) is 9. The summed E-state index contributed by atoms with van der Waals surface area (Å²) in [6.07, 6.45) is 6.37. The number of pyridine rings is 1. The third kappa shape index (κ3) is 4.89. The minimum absolute atomic E-state index is 0. The van der Waals surface area contributed by atoms with E-state index in [1.54, 1.807) is 41.1 Å². The van der Waals surface area contributed by atoms with Crippen molar-refractivity contribution in [3.8, 4) is 11.6 Å². The maximum atomic E-state index is 12.0. The Morgan fingerprint density at radius 2 is 2.10 bits per heavy atom. The maximum Gasteiger partial charge on any atom is 0.239 e. The third-order valence-corrected chi connectivity index (χ3v) is 4.74. The Balaban J connectivity index is 0.00000256. The molecule has 0 spiro atoms. The maximum absolute atomic E-state index is 12.0. The van der Waals surface area contributed by atoms with E-state index >= 15 is 0 Å². The second kappa shape index (κ2) is 9.59. The normalized spacial score (nSPS) is 15.5. The van der Waals surface area contributed by atoms with Gasteiger partial charge in [-0.1, -0.05) is 0 Å². The molecule has 0 aliphatic carbocycles. The molecular formula is C17H23ClN10O2. The average Bonchev–Trinajstić information content (AvgIpc) is 3.44. The van der Waals surface area contributed by atoms with Gasteiger partial charge < -0.3 is 15.4 Å². The van der Waals surface area contributed by atoms with Gasteiger partial charge in [0, 0.05) is 13.1 Å². The van der Waals surface area contributed by atoms with Gasteiger partial charge >= 0.3 is 0 Å². The van der Waals surface area contributed by atoms with Crippen molar-refractivity contribution in [2.75, 3.05) is 13.1 Å². The van der Waals surface area contributed by atoms with Crippen LogP contribution in [0.4, 0.5) is 0 Å². The zero-order chi connectivity index (χ0) is 20.2. The largest absolute Gasteiger partial charge is 0.486 e. The third-order valence-electron chi connectivity index (χ3n) is 4.74. The van der Waals surface area contributed by atoms with Crippen LogP contribution in [0.3, 0.4) is 0 Å². The van der Waals surface area contributed by atoms with E-state index in [1.165, 1.54) is 11.0 Å². The molecular weight excluding hydrogens is 412 g/mol. The molecule has 3 aromatic rings. The summed E-state index contributed by atoms with van der Waals surface area (Å²) < 4.78 is 7.19. The quantitative estimate of drug-likeness (QED) is 0.573. The molecule has 0 aromatic carbocycles. The lowest BCUT2D eigenvalue weighted by Crippen LogP contribution is -2.46. The molecule has 1 amide bonds. The van der Waals surface area contributed by atoms with Crippen molar-refractivity contribution >= 4 is 18.3 Å². The molecule has 160 valence electrons. The summed E-state index contributed by atoms with van der Waals surface area (Å²) in [4.78, 5) is 19.8. The van der Waals surface area contributed by atoms with Gasteiger partial charge in [0.25, 0.3) is 0 Å². The zero-order valence-electron chi connectivity index (χ0n) is 16.4. The predicted octanol–water partition coefficient (Wildman–Crippen LogP) is 0.160. The highest BCUT2D eigenvalue weighted by atomic mass is 35.5. The molecule has 4 heterocycles. The molecule has 0 saturated carbocycles. The molecule has 1 aliphatic heterocycles. The van der Waals surface area contributed by atoms with Crippen LogP contribution in [0.25, 0.3) is 5.82 Å². The van der Waals surface area contributed by atoms with E-state index < -0.39 is 6.04 Å². The van der Waals surface area contributed by atoms with E-state index in [1.807, 2.05) is 0 Å². The predicted molar refractivity (Wildman–Crippen MR) is 107 cm³/mol. The number of hydrogen-bond acceptors (Lipinski definition) is 9. The van der Waals surface area contributed by atoms with Gasteiger partial charge in [0.15, 0.2) is 5.82 Å². The van der Waals surface area contributed by atoms with Crippen LogP contribution >= 0.6 is 12.4 Å². The summed E-state index contributed by atoms with van der Waals surface area (Å²) in [6.45, 7) is 3.33. The van der Waals surface area contributed by atoms with Crippen LogP contribution in [-0.4, -0.2) is 70.1 Å². The first kappa shape index (κ1) is 21.6. The number of carbonyl (C=O) groups is 1. The van der Waals surface area contributed by atoms with Crippen molar-refractivity contribution in [3.63, 3.8) is 0 Å².